The number of thiol groups is 1. The minimum absolute atomic E-state index is 0.00610. The van der Waals surface area contributed by atoms with Crippen molar-refractivity contribution < 1.29 is 9.53 Å². The quantitative estimate of drug-likeness (QED) is 0.780. The van der Waals surface area contributed by atoms with Gasteiger partial charge in [0.1, 0.15) is 12.4 Å². The van der Waals surface area contributed by atoms with Gasteiger partial charge in [-0.25, -0.2) is 0 Å². The second-order valence-corrected chi connectivity index (χ2v) is 2.94. The molecule has 0 amide bonds. The summed E-state index contributed by atoms with van der Waals surface area (Å²) in [5.74, 6) is 0.655. The number of benzene rings is 1. The molecule has 1 aromatic carbocycles. The SMILES string of the molecule is CC.CC(=O)COc1ccccc1S. The van der Waals surface area contributed by atoms with E-state index in [0.717, 1.165) is 4.90 Å². The van der Waals surface area contributed by atoms with Gasteiger partial charge in [0.2, 0.25) is 0 Å². The van der Waals surface area contributed by atoms with Crippen molar-refractivity contribution in [3.63, 3.8) is 0 Å². The van der Waals surface area contributed by atoms with Gasteiger partial charge in [-0.05, 0) is 19.1 Å². The van der Waals surface area contributed by atoms with Crippen molar-refractivity contribution in [3.05, 3.63) is 24.3 Å². The first-order valence-corrected chi connectivity index (χ1v) is 5.05. The molecule has 0 aliphatic carbocycles. The normalized spacial score (nSPS) is 8.57. The Morgan fingerprint density at radius 1 is 1.36 bits per heavy atom. The van der Waals surface area contributed by atoms with Crippen LogP contribution in [-0.4, -0.2) is 12.4 Å². The third kappa shape index (κ3) is 4.92. The minimum atomic E-state index is 0.00610. The summed E-state index contributed by atoms with van der Waals surface area (Å²) >= 11 is 4.16. The summed E-state index contributed by atoms with van der Waals surface area (Å²) in [5, 5.41) is 0. The third-order valence-electron chi connectivity index (χ3n) is 1.30. The van der Waals surface area contributed by atoms with Crippen molar-refractivity contribution in [2.45, 2.75) is 25.7 Å². The fraction of sp³-hybridized carbons (Fsp3) is 0.364. The molecule has 0 unspecified atom stereocenters. The van der Waals surface area contributed by atoms with Crippen LogP contribution >= 0.6 is 12.6 Å². The number of hydrogen-bond donors (Lipinski definition) is 1. The van der Waals surface area contributed by atoms with Crippen LogP contribution in [0.3, 0.4) is 0 Å². The van der Waals surface area contributed by atoms with E-state index in [1.165, 1.54) is 6.92 Å². The lowest BCUT2D eigenvalue weighted by atomic mass is 10.3. The van der Waals surface area contributed by atoms with Crippen molar-refractivity contribution in [2.75, 3.05) is 6.61 Å². The highest BCUT2D eigenvalue weighted by molar-refractivity contribution is 7.80. The zero-order chi connectivity index (χ0) is 11.0. The molecule has 0 N–H and O–H groups in total. The molecule has 0 heterocycles. The first kappa shape index (κ1) is 13.0. The van der Waals surface area contributed by atoms with Gasteiger partial charge in [-0.2, -0.15) is 0 Å². The van der Waals surface area contributed by atoms with Crippen LogP contribution in [0.5, 0.6) is 5.75 Å². The molecule has 0 atom stereocenters. The van der Waals surface area contributed by atoms with Crippen LogP contribution in [0.25, 0.3) is 0 Å². The number of ketones is 1. The van der Waals surface area contributed by atoms with E-state index in [1.807, 2.05) is 32.0 Å². The Kier molecular flexibility index (Phi) is 6.93. The molecule has 2 nitrogen and oxygen atoms in total. The molecule has 1 rings (SSSR count). The summed E-state index contributed by atoms with van der Waals surface area (Å²) in [6, 6.07) is 7.31. The van der Waals surface area contributed by atoms with Gasteiger partial charge in [-0.15, -0.1) is 12.6 Å². The average Bonchev–Trinajstić information content (AvgIpc) is 2.19. The summed E-state index contributed by atoms with van der Waals surface area (Å²) in [6.07, 6.45) is 0. The Hall–Kier alpha value is -0.960. The Bertz CT molecular complexity index is 284. The molecule has 0 saturated heterocycles. The van der Waals surface area contributed by atoms with E-state index in [-0.39, 0.29) is 12.4 Å². The lowest BCUT2D eigenvalue weighted by molar-refractivity contribution is -0.118. The average molecular weight is 212 g/mol. The highest BCUT2D eigenvalue weighted by Gasteiger charge is 1.99. The maximum absolute atomic E-state index is 10.6. The summed E-state index contributed by atoms with van der Waals surface area (Å²) < 4.78 is 5.17. The molecule has 0 spiro atoms. The molecular formula is C11H16O2S. The summed E-state index contributed by atoms with van der Waals surface area (Å²) in [4.78, 5) is 11.3. The van der Waals surface area contributed by atoms with E-state index in [2.05, 4.69) is 12.6 Å². The van der Waals surface area contributed by atoms with Gasteiger partial charge >= 0.3 is 0 Å². The van der Waals surface area contributed by atoms with Gasteiger partial charge in [0.05, 0.1) is 0 Å². The van der Waals surface area contributed by atoms with E-state index in [4.69, 9.17) is 4.74 Å². The lowest BCUT2D eigenvalue weighted by Gasteiger charge is -2.05. The van der Waals surface area contributed by atoms with Gasteiger partial charge in [0.15, 0.2) is 5.78 Å². The number of carbonyl (C=O) groups is 1. The van der Waals surface area contributed by atoms with Gasteiger partial charge in [0.25, 0.3) is 0 Å². The Labute approximate surface area is 90.7 Å². The predicted octanol–water partition coefficient (Wildman–Crippen LogP) is 2.97. The van der Waals surface area contributed by atoms with Gasteiger partial charge in [-0.3, -0.25) is 4.79 Å². The van der Waals surface area contributed by atoms with Crippen LogP contribution in [-0.2, 0) is 4.79 Å². The maximum atomic E-state index is 10.6. The van der Waals surface area contributed by atoms with Crippen LogP contribution in [0.15, 0.2) is 29.2 Å². The number of rotatable bonds is 3. The zero-order valence-corrected chi connectivity index (χ0v) is 9.67. The van der Waals surface area contributed by atoms with Crippen LogP contribution in [0.1, 0.15) is 20.8 Å². The van der Waals surface area contributed by atoms with Crippen molar-refractivity contribution in [1.82, 2.24) is 0 Å². The summed E-state index contributed by atoms with van der Waals surface area (Å²) in [7, 11) is 0. The van der Waals surface area contributed by atoms with Gasteiger partial charge in [0, 0.05) is 4.90 Å². The van der Waals surface area contributed by atoms with E-state index in [1.54, 1.807) is 6.07 Å². The number of Topliss-reactive ketones (excluding diaryl/α,β-unsaturated/α-hetero) is 1. The minimum Gasteiger partial charge on any atom is -0.485 e. The molecule has 1 aromatic rings. The maximum Gasteiger partial charge on any atom is 0.167 e. The van der Waals surface area contributed by atoms with Crippen molar-refractivity contribution in [1.29, 1.82) is 0 Å². The third-order valence-corrected chi connectivity index (χ3v) is 1.67. The van der Waals surface area contributed by atoms with E-state index < -0.39 is 0 Å². The van der Waals surface area contributed by atoms with E-state index in [0.29, 0.717) is 5.75 Å². The monoisotopic (exact) mass is 212 g/mol. The van der Waals surface area contributed by atoms with E-state index in [9.17, 15) is 4.79 Å². The standard InChI is InChI=1S/C9H10O2S.C2H6/c1-7(10)6-11-8-4-2-3-5-9(8)12;1-2/h2-5,12H,6H2,1H3;1-2H3. The van der Waals surface area contributed by atoms with Crippen molar-refractivity contribution in [3.8, 4) is 5.75 Å². The molecule has 0 saturated carbocycles. The Morgan fingerprint density at radius 3 is 2.43 bits per heavy atom. The second-order valence-electron chi connectivity index (χ2n) is 2.46. The Balaban J connectivity index is 0.000000791. The van der Waals surface area contributed by atoms with Crippen LogP contribution in [0, 0.1) is 0 Å². The molecule has 0 fully saturated rings. The number of ether oxygens (including phenoxy) is 1. The molecule has 0 aromatic heterocycles. The molecular weight excluding hydrogens is 196 g/mol. The van der Waals surface area contributed by atoms with Crippen LogP contribution in [0.4, 0.5) is 0 Å². The van der Waals surface area contributed by atoms with Gasteiger partial charge < -0.3 is 4.74 Å². The zero-order valence-electron chi connectivity index (χ0n) is 8.78. The molecule has 78 valence electrons. The topological polar surface area (TPSA) is 26.3 Å². The van der Waals surface area contributed by atoms with Crippen molar-refractivity contribution >= 4 is 18.4 Å². The Morgan fingerprint density at radius 2 is 1.93 bits per heavy atom. The molecule has 14 heavy (non-hydrogen) atoms. The number of para-hydroxylation sites is 1. The van der Waals surface area contributed by atoms with Gasteiger partial charge in [-0.1, -0.05) is 26.0 Å². The highest BCUT2D eigenvalue weighted by atomic mass is 32.1. The molecule has 0 aliphatic rings. The van der Waals surface area contributed by atoms with Crippen LogP contribution in [0.2, 0.25) is 0 Å². The largest absolute Gasteiger partial charge is 0.485 e. The molecule has 0 aliphatic heterocycles. The van der Waals surface area contributed by atoms with Crippen molar-refractivity contribution in [2.24, 2.45) is 0 Å². The number of hydrogen-bond acceptors (Lipinski definition) is 3. The smallest absolute Gasteiger partial charge is 0.167 e. The molecule has 0 radical (unpaired) electrons. The molecule has 0 bridgehead atoms. The second kappa shape index (κ2) is 7.44. The first-order chi connectivity index (χ1) is 6.70. The summed E-state index contributed by atoms with van der Waals surface area (Å²) in [6.45, 7) is 5.60. The number of carbonyl (C=O) groups excluding carboxylic acids is 1. The summed E-state index contributed by atoms with van der Waals surface area (Å²) in [5.41, 5.74) is 0. The fourth-order valence-electron chi connectivity index (χ4n) is 0.759. The molecule has 3 heteroatoms. The van der Waals surface area contributed by atoms with E-state index >= 15 is 0 Å². The lowest BCUT2D eigenvalue weighted by Crippen LogP contribution is -2.06. The first-order valence-electron chi connectivity index (χ1n) is 4.60. The van der Waals surface area contributed by atoms with Crippen LogP contribution < -0.4 is 4.74 Å². The highest BCUT2D eigenvalue weighted by Crippen LogP contribution is 2.20. The predicted molar refractivity (Wildman–Crippen MR) is 61.2 cm³/mol. The fourth-order valence-corrected chi connectivity index (χ4v) is 0.984.